The van der Waals surface area contributed by atoms with Crippen LogP contribution in [0.2, 0.25) is 0 Å². The number of ether oxygens (including phenoxy) is 2. The summed E-state index contributed by atoms with van der Waals surface area (Å²) in [7, 11) is 0. The van der Waals surface area contributed by atoms with Crippen LogP contribution in [0.1, 0.15) is 70.6 Å². The van der Waals surface area contributed by atoms with Gasteiger partial charge in [-0.05, 0) is 81.5 Å². The van der Waals surface area contributed by atoms with E-state index in [0.29, 0.717) is 36.8 Å². The van der Waals surface area contributed by atoms with Crippen LogP contribution in [-0.2, 0) is 24.2 Å². The molecule has 0 heterocycles. The minimum absolute atomic E-state index is 0.0783. The average Bonchev–Trinajstić information content (AvgIpc) is 2.95. The predicted octanol–water partition coefficient (Wildman–Crippen LogP) is 6.94. The first-order valence-electron chi connectivity index (χ1n) is 12.1. The number of carbonyl (C=O) groups excluding carboxylic acids is 1. The molecule has 2 aromatic carbocycles. The molecule has 1 aliphatic rings. The smallest absolute Gasteiger partial charge is 0.410 e. The van der Waals surface area contributed by atoms with Gasteiger partial charge in [-0.2, -0.15) is 0 Å². The summed E-state index contributed by atoms with van der Waals surface area (Å²) in [5.74, 6) is 0.766. The molecule has 33 heavy (non-hydrogen) atoms. The molecule has 3 rings (SSSR count). The molecule has 0 saturated heterocycles. The van der Waals surface area contributed by atoms with E-state index in [-0.39, 0.29) is 18.0 Å². The van der Waals surface area contributed by atoms with Crippen molar-refractivity contribution in [1.29, 1.82) is 0 Å². The first-order chi connectivity index (χ1) is 15.6. The minimum atomic E-state index is -0.563. The molecule has 0 saturated carbocycles. The third kappa shape index (κ3) is 7.48. The van der Waals surface area contributed by atoms with Crippen LogP contribution in [0.5, 0.6) is 5.75 Å². The van der Waals surface area contributed by atoms with Gasteiger partial charge in [-0.3, -0.25) is 0 Å². The van der Waals surface area contributed by atoms with Crippen molar-refractivity contribution in [2.45, 2.75) is 85.0 Å². The standard InChI is InChI=1S/C28H38FNO3/c1-20(2)14-15-30(27(31)33-28(3,4)5)23-13-9-12-22-16-24(18-26(29)25(22)17-23)32-19-21-10-7-6-8-11-21/h6-8,10-11,16,18,20,23H,9,12-15,17,19H2,1-5H3. The van der Waals surface area contributed by atoms with E-state index in [4.69, 9.17) is 9.47 Å². The van der Waals surface area contributed by atoms with Gasteiger partial charge in [0.2, 0.25) is 0 Å². The topological polar surface area (TPSA) is 38.8 Å². The second kappa shape index (κ2) is 11.0. The highest BCUT2D eigenvalue weighted by Gasteiger charge is 2.31. The summed E-state index contributed by atoms with van der Waals surface area (Å²) in [6.45, 7) is 11.0. The summed E-state index contributed by atoms with van der Waals surface area (Å²) in [5.41, 5.74) is 2.16. The maximum absolute atomic E-state index is 15.2. The third-order valence-electron chi connectivity index (χ3n) is 5.95. The molecule has 5 heteroatoms. The van der Waals surface area contributed by atoms with Crippen LogP contribution in [0.25, 0.3) is 0 Å². The zero-order chi connectivity index (χ0) is 24.0. The Balaban J connectivity index is 1.78. The lowest BCUT2D eigenvalue weighted by atomic mass is 9.99. The number of aryl methyl sites for hydroxylation is 1. The van der Waals surface area contributed by atoms with E-state index in [2.05, 4.69) is 13.8 Å². The lowest BCUT2D eigenvalue weighted by Crippen LogP contribution is -2.45. The van der Waals surface area contributed by atoms with Crippen LogP contribution in [-0.4, -0.2) is 29.2 Å². The number of amides is 1. The molecule has 1 atom stereocenters. The molecule has 0 fully saturated rings. The molecule has 0 spiro atoms. The Morgan fingerprint density at radius 1 is 1.18 bits per heavy atom. The fourth-order valence-corrected chi connectivity index (χ4v) is 4.21. The van der Waals surface area contributed by atoms with Gasteiger partial charge < -0.3 is 14.4 Å². The van der Waals surface area contributed by atoms with Crippen molar-refractivity contribution < 1.29 is 18.7 Å². The SMILES string of the molecule is CC(C)CCN(C(=O)OC(C)(C)C)C1CCCc2cc(OCc3ccccc3)cc(F)c2C1. The van der Waals surface area contributed by atoms with Crippen molar-refractivity contribution in [2.24, 2.45) is 5.92 Å². The molecule has 1 amide bonds. The summed E-state index contributed by atoms with van der Waals surface area (Å²) in [4.78, 5) is 14.9. The third-order valence-corrected chi connectivity index (χ3v) is 5.95. The summed E-state index contributed by atoms with van der Waals surface area (Å²) in [6.07, 6.45) is 3.57. The van der Waals surface area contributed by atoms with E-state index in [1.165, 1.54) is 6.07 Å². The Morgan fingerprint density at radius 3 is 2.58 bits per heavy atom. The van der Waals surface area contributed by atoms with Crippen molar-refractivity contribution >= 4 is 6.09 Å². The second-order valence-electron chi connectivity index (χ2n) is 10.4. The Morgan fingerprint density at radius 2 is 1.91 bits per heavy atom. The number of hydrogen-bond acceptors (Lipinski definition) is 3. The molecular weight excluding hydrogens is 417 g/mol. The highest BCUT2D eigenvalue weighted by molar-refractivity contribution is 5.68. The quantitative estimate of drug-likeness (QED) is 0.425. The molecule has 0 radical (unpaired) electrons. The zero-order valence-corrected chi connectivity index (χ0v) is 20.7. The number of halogens is 1. The lowest BCUT2D eigenvalue weighted by molar-refractivity contribution is 0.0141. The van der Waals surface area contributed by atoms with Gasteiger partial charge in [-0.25, -0.2) is 9.18 Å². The van der Waals surface area contributed by atoms with Gasteiger partial charge in [0.25, 0.3) is 0 Å². The zero-order valence-electron chi connectivity index (χ0n) is 20.7. The van der Waals surface area contributed by atoms with Crippen LogP contribution in [0.4, 0.5) is 9.18 Å². The van der Waals surface area contributed by atoms with Crippen LogP contribution in [0, 0.1) is 11.7 Å². The number of carbonyl (C=O) groups is 1. The molecule has 0 bridgehead atoms. The molecule has 1 aliphatic carbocycles. The maximum Gasteiger partial charge on any atom is 0.410 e. The summed E-state index contributed by atoms with van der Waals surface area (Å²) in [5, 5.41) is 0. The summed E-state index contributed by atoms with van der Waals surface area (Å²) < 4.78 is 26.8. The van der Waals surface area contributed by atoms with E-state index < -0.39 is 5.60 Å². The molecule has 180 valence electrons. The second-order valence-corrected chi connectivity index (χ2v) is 10.4. The molecule has 2 aromatic rings. The molecule has 1 unspecified atom stereocenters. The Kier molecular flexibility index (Phi) is 8.39. The highest BCUT2D eigenvalue weighted by atomic mass is 19.1. The normalized spacial score (nSPS) is 16.2. The average molecular weight is 456 g/mol. The van der Waals surface area contributed by atoms with Gasteiger partial charge >= 0.3 is 6.09 Å². The first kappa shape index (κ1) is 25.1. The van der Waals surface area contributed by atoms with E-state index in [9.17, 15) is 4.79 Å². The van der Waals surface area contributed by atoms with Gasteiger partial charge in [0, 0.05) is 18.7 Å². The fourth-order valence-electron chi connectivity index (χ4n) is 4.21. The van der Waals surface area contributed by atoms with Gasteiger partial charge in [0.15, 0.2) is 0 Å². The van der Waals surface area contributed by atoms with Crippen molar-refractivity contribution in [3.63, 3.8) is 0 Å². The van der Waals surface area contributed by atoms with E-state index >= 15 is 4.39 Å². The first-order valence-corrected chi connectivity index (χ1v) is 12.1. The predicted molar refractivity (Wildman–Crippen MR) is 130 cm³/mol. The number of benzene rings is 2. The van der Waals surface area contributed by atoms with Gasteiger partial charge in [-0.1, -0.05) is 44.2 Å². The maximum atomic E-state index is 15.2. The highest BCUT2D eigenvalue weighted by Crippen LogP contribution is 2.31. The largest absolute Gasteiger partial charge is 0.489 e. The Labute approximate surface area is 198 Å². The van der Waals surface area contributed by atoms with E-state index in [1.54, 1.807) is 0 Å². The number of fused-ring (bicyclic) bond motifs is 1. The van der Waals surface area contributed by atoms with E-state index in [0.717, 1.165) is 36.8 Å². The summed E-state index contributed by atoms with van der Waals surface area (Å²) >= 11 is 0. The van der Waals surface area contributed by atoms with Crippen LogP contribution >= 0.6 is 0 Å². The van der Waals surface area contributed by atoms with Crippen molar-refractivity contribution in [3.05, 3.63) is 65.0 Å². The Bertz CT molecular complexity index is 921. The number of rotatable bonds is 7. The number of nitrogens with zero attached hydrogens (tertiary/aromatic N) is 1. The van der Waals surface area contributed by atoms with Crippen molar-refractivity contribution in [1.82, 2.24) is 4.90 Å². The van der Waals surface area contributed by atoms with Gasteiger partial charge in [0.05, 0.1) is 0 Å². The Hall–Kier alpha value is -2.56. The number of hydrogen-bond donors (Lipinski definition) is 0. The van der Waals surface area contributed by atoms with Gasteiger partial charge in [0.1, 0.15) is 23.8 Å². The molecule has 4 nitrogen and oxygen atoms in total. The minimum Gasteiger partial charge on any atom is -0.489 e. The van der Waals surface area contributed by atoms with E-state index in [1.807, 2.05) is 62.1 Å². The molecule has 0 N–H and O–H groups in total. The summed E-state index contributed by atoms with van der Waals surface area (Å²) in [6, 6.07) is 13.2. The van der Waals surface area contributed by atoms with Gasteiger partial charge in [-0.15, -0.1) is 0 Å². The molecule has 0 aliphatic heterocycles. The fraction of sp³-hybridized carbons (Fsp3) is 0.536. The van der Waals surface area contributed by atoms with Crippen LogP contribution in [0.15, 0.2) is 42.5 Å². The van der Waals surface area contributed by atoms with Crippen LogP contribution < -0.4 is 4.74 Å². The molecule has 0 aromatic heterocycles. The van der Waals surface area contributed by atoms with Crippen molar-refractivity contribution in [3.8, 4) is 5.75 Å². The van der Waals surface area contributed by atoms with Crippen LogP contribution in [0.3, 0.4) is 0 Å². The monoisotopic (exact) mass is 455 g/mol. The molecular formula is C28H38FNO3. The lowest BCUT2D eigenvalue weighted by Gasteiger charge is -2.34. The van der Waals surface area contributed by atoms with Crippen molar-refractivity contribution in [2.75, 3.05) is 6.54 Å².